The Morgan fingerprint density at radius 3 is 2.76 bits per heavy atom. The maximum Gasteiger partial charge on any atom is 0.274 e. The normalized spacial score (nSPS) is 21.0. The smallest absolute Gasteiger partial charge is 0.274 e. The van der Waals surface area contributed by atoms with Crippen molar-refractivity contribution in [3.8, 4) is 0 Å². The van der Waals surface area contributed by atoms with Crippen molar-refractivity contribution in [2.75, 3.05) is 19.6 Å². The summed E-state index contributed by atoms with van der Waals surface area (Å²) in [6.07, 6.45) is 2.44. The second-order valence-electron chi connectivity index (χ2n) is 6.63. The number of hydrogen-bond donors (Lipinski definition) is 3. The van der Waals surface area contributed by atoms with E-state index in [1.54, 1.807) is 11.5 Å². The lowest BCUT2D eigenvalue weighted by molar-refractivity contribution is 0.0706. The Kier molecular flexibility index (Phi) is 3.97. The molecule has 5 nitrogen and oxygen atoms in total. The zero-order chi connectivity index (χ0) is 14.9. The number of nitrogens with zero attached hydrogens (tertiary/aromatic N) is 1. The summed E-state index contributed by atoms with van der Waals surface area (Å²) in [5.74, 6) is -0.443. The summed E-state index contributed by atoms with van der Waals surface area (Å²) >= 11 is 0. The van der Waals surface area contributed by atoms with Gasteiger partial charge in [-0.15, -0.1) is 0 Å². The summed E-state index contributed by atoms with van der Waals surface area (Å²) in [7, 11) is 0. The van der Waals surface area contributed by atoms with E-state index in [9.17, 15) is 4.79 Å². The van der Waals surface area contributed by atoms with E-state index in [1.807, 2.05) is 12.1 Å². The van der Waals surface area contributed by atoms with Crippen LogP contribution in [0.3, 0.4) is 0 Å². The van der Waals surface area contributed by atoms with Crippen molar-refractivity contribution in [1.82, 2.24) is 15.7 Å². The summed E-state index contributed by atoms with van der Waals surface area (Å²) in [6.45, 7) is 7.55. The number of carbonyl (C=O) groups is 1. The fraction of sp³-hybridized carbons (Fsp3) is 0.562. The van der Waals surface area contributed by atoms with Gasteiger partial charge in [0.2, 0.25) is 0 Å². The average Bonchev–Trinajstić information content (AvgIpc) is 2.87. The fourth-order valence-corrected chi connectivity index (χ4v) is 3.51. The van der Waals surface area contributed by atoms with Gasteiger partial charge in [-0.05, 0) is 54.6 Å². The molecule has 0 aromatic heterocycles. The first kappa shape index (κ1) is 14.5. The van der Waals surface area contributed by atoms with Crippen LogP contribution >= 0.6 is 0 Å². The molecule has 0 spiro atoms. The number of hydrogen-bond acceptors (Lipinski definition) is 4. The largest absolute Gasteiger partial charge is 0.317 e. The van der Waals surface area contributed by atoms with E-state index in [-0.39, 0.29) is 0 Å². The van der Waals surface area contributed by atoms with Crippen molar-refractivity contribution in [1.29, 1.82) is 0 Å². The van der Waals surface area contributed by atoms with Gasteiger partial charge in [-0.3, -0.25) is 14.9 Å². The molecule has 0 radical (unpaired) electrons. The van der Waals surface area contributed by atoms with Crippen molar-refractivity contribution in [3.63, 3.8) is 0 Å². The van der Waals surface area contributed by atoms with E-state index in [0.29, 0.717) is 11.0 Å². The van der Waals surface area contributed by atoms with Crippen LogP contribution in [0.1, 0.15) is 41.3 Å². The number of fused-ring (bicyclic) bond motifs is 1. The predicted molar refractivity (Wildman–Crippen MR) is 80.0 cm³/mol. The van der Waals surface area contributed by atoms with Gasteiger partial charge in [-0.1, -0.05) is 13.0 Å². The van der Waals surface area contributed by atoms with Gasteiger partial charge in [0.15, 0.2) is 0 Å². The summed E-state index contributed by atoms with van der Waals surface area (Å²) in [4.78, 5) is 13.9. The molecule has 0 saturated carbocycles. The number of nitrogens with one attached hydrogen (secondary N) is 2. The summed E-state index contributed by atoms with van der Waals surface area (Å²) < 4.78 is 0. The van der Waals surface area contributed by atoms with E-state index in [1.165, 1.54) is 24.0 Å². The molecule has 0 aliphatic carbocycles. The third kappa shape index (κ3) is 3.10. The highest BCUT2D eigenvalue weighted by atomic mass is 16.5. The Labute approximate surface area is 125 Å². The lowest BCUT2D eigenvalue weighted by Crippen LogP contribution is -2.41. The third-order valence-electron chi connectivity index (χ3n) is 4.77. The predicted octanol–water partition coefficient (Wildman–Crippen LogP) is 1.51. The van der Waals surface area contributed by atoms with Crippen molar-refractivity contribution >= 4 is 5.91 Å². The van der Waals surface area contributed by atoms with Crippen LogP contribution < -0.4 is 10.8 Å². The standard InChI is InChI=1S/C16H23N3O2/c1-16(4-6-17-7-5-16)11-19-9-13-3-2-12(15(20)18-21)8-14(13)10-19/h2-3,8,17,21H,4-7,9-11H2,1H3,(H,18,20). The van der Waals surface area contributed by atoms with Crippen molar-refractivity contribution in [3.05, 3.63) is 34.9 Å². The molecule has 3 rings (SSSR count). The van der Waals surface area contributed by atoms with Crippen LogP contribution in [-0.2, 0) is 13.1 Å². The highest BCUT2D eigenvalue weighted by Crippen LogP contribution is 2.33. The van der Waals surface area contributed by atoms with Crippen molar-refractivity contribution < 1.29 is 10.0 Å². The molecule has 114 valence electrons. The first-order valence-corrected chi connectivity index (χ1v) is 7.59. The highest BCUT2D eigenvalue weighted by Gasteiger charge is 2.31. The van der Waals surface area contributed by atoms with Crippen LogP contribution in [-0.4, -0.2) is 35.6 Å². The van der Waals surface area contributed by atoms with Crippen LogP contribution in [0.2, 0.25) is 0 Å². The molecule has 1 amide bonds. The molecule has 0 unspecified atom stereocenters. The molecule has 1 aromatic carbocycles. The lowest BCUT2D eigenvalue weighted by atomic mass is 9.80. The topological polar surface area (TPSA) is 64.6 Å². The van der Waals surface area contributed by atoms with Gasteiger partial charge in [-0.25, -0.2) is 5.48 Å². The third-order valence-corrected chi connectivity index (χ3v) is 4.77. The van der Waals surface area contributed by atoms with Crippen LogP contribution in [0.15, 0.2) is 18.2 Å². The minimum absolute atomic E-state index is 0.387. The quantitative estimate of drug-likeness (QED) is 0.583. The SMILES string of the molecule is CC1(CN2Cc3ccc(C(=O)NO)cc3C2)CCNCC1. The van der Waals surface area contributed by atoms with Gasteiger partial charge in [0.05, 0.1) is 0 Å². The van der Waals surface area contributed by atoms with Gasteiger partial charge in [0.25, 0.3) is 5.91 Å². The number of benzene rings is 1. The van der Waals surface area contributed by atoms with E-state index in [4.69, 9.17) is 5.21 Å². The number of carbonyl (C=O) groups excluding carboxylic acids is 1. The molecular weight excluding hydrogens is 266 g/mol. The fourth-order valence-electron chi connectivity index (χ4n) is 3.51. The van der Waals surface area contributed by atoms with Crippen LogP contribution in [0.4, 0.5) is 0 Å². The molecule has 3 N–H and O–H groups in total. The number of piperidine rings is 1. The monoisotopic (exact) mass is 289 g/mol. The first-order chi connectivity index (χ1) is 10.1. The molecule has 1 saturated heterocycles. The van der Waals surface area contributed by atoms with Gasteiger partial charge < -0.3 is 5.32 Å². The zero-order valence-corrected chi connectivity index (χ0v) is 12.5. The average molecular weight is 289 g/mol. The molecule has 5 heteroatoms. The van der Waals surface area contributed by atoms with Crippen molar-refractivity contribution in [2.45, 2.75) is 32.9 Å². The van der Waals surface area contributed by atoms with Gasteiger partial charge >= 0.3 is 0 Å². The number of hydroxylamine groups is 1. The summed E-state index contributed by atoms with van der Waals surface area (Å²) in [5.41, 5.74) is 5.10. The summed E-state index contributed by atoms with van der Waals surface area (Å²) in [6, 6.07) is 5.68. The Bertz CT molecular complexity index is 538. The highest BCUT2D eigenvalue weighted by molar-refractivity contribution is 5.93. The molecule has 0 atom stereocenters. The molecule has 1 fully saturated rings. The minimum Gasteiger partial charge on any atom is -0.317 e. The summed E-state index contributed by atoms with van der Waals surface area (Å²) in [5, 5.41) is 12.1. The maximum absolute atomic E-state index is 11.5. The molecule has 2 aliphatic heterocycles. The number of rotatable bonds is 3. The number of amides is 1. The zero-order valence-electron chi connectivity index (χ0n) is 12.5. The van der Waals surface area contributed by atoms with Crippen LogP contribution in [0, 0.1) is 5.41 Å². The van der Waals surface area contributed by atoms with E-state index in [0.717, 1.165) is 32.7 Å². The second-order valence-corrected chi connectivity index (χ2v) is 6.63. The van der Waals surface area contributed by atoms with Gasteiger partial charge in [-0.2, -0.15) is 0 Å². The van der Waals surface area contributed by atoms with E-state index >= 15 is 0 Å². The Morgan fingerprint density at radius 2 is 2.05 bits per heavy atom. The Balaban J connectivity index is 1.68. The van der Waals surface area contributed by atoms with Crippen LogP contribution in [0.5, 0.6) is 0 Å². The second kappa shape index (κ2) is 5.75. The van der Waals surface area contributed by atoms with Gasteiger partial charge in [0, 0.05) is 25.2 Å². The molecule has 0 bridgehead atoms. The van der Waals surface area contributed by atoms with Crippen molar-refractivity contribution in [2.24, 2.45) is 5.41 Å². The van der Waals surface area contributed by atoms with Gasteiger partial charge in [0.1, 0.15) is 0 Å². The van der Waals surface area contributed by atoms with E-state index in [2.05, 4.69) is 17.1 Å². The minimum atomic E-state index is -0.443. The molecule has 1 aromatic rings. The van der Waals surface area contributed by atoms with E-state index < -0.39 is 5.91 Å². The molecule has 2 heterocycles. The maximum atomic E-state index is 11.5. The Morgan fingerprint density at radius 1 is 1.33 bits per heavy atom. The first-order valence-electron chi connectivity index (χ1n) is 7.59. The molecule has 2 aliphatic rings. The lowest BCUT2D eigenvalue weighted by Gasteiger charge is -2.37. The molecular formula is C16H23N3O2. The molecule has 21 heavy (non-hydrogen) atoms. The van der Waals surface area contributed by atoms with Crippen LogP contribution in [0.25, 0.3) is 0 Å². The Hall–Kier alpha value is -1.43.